The van der Waals surface area contributed by atoms with E-state index in [0.717, 1.165) is 29.4 Å². The fourth-order valence-electron chi connectivity index (χ4n) is 2.98. The van der Waals surface area contributed by atoms with Crippen LogP contribution in [0, 0.1) is 0 Å². The van der Waals surface area contributed by atoms with Gasteiger partial charge in [-0.15, -0.1) is 16.8 Å². The molecular weight excluding hydrogens is 334 g/mol. The zero-order chi connectivity index (χ0) is 17.6. The monoisotopic (exact) mass is 357 g/mol. The van der Waals surface area contributed by atoms with Gasteiger partial charge in [-0.3, -0.25) is 14.3 Å². The molecule has 1 fully saturated rings. The number of rotatable bonds is 7. The Morgan fingerprint density at radius 3 is 2.80 bits per heavy atom. The van der Waals surface area contributed by atoms with E-state index in [-0.39, 0.29) is 11.2 Å². The number of allylic oxidation sites excluding steroid dienone is 1. The van der Waals surface area contributed by atoms with Crippen molar-refractivity contribution in [2.24, 2.45) is 0 Å². The molecule has 6 nitrogen and oxygen atoms in total. The van der Waals surface area contributed by atoms with Crippen LogP contribution in [-0.2, 0) is 11.3 Å². The van der Waals surface area contributed by atoms with Crippen molar-refractivity contribution in [3.8, 4) is 11.4 Å². The van der Waals surface area contributed by atoms with Crippen molar-refractivity contribution in [3.63, 3.8) is 0 Å². The summed E-state index contributed by atoms with van der Waals surface area (Å²) in [6.45, 7) is 6.31. The van der Waals surface area contributed by atoms with Crippen LogP contribution in [0.1, 0.15) is 32.6 Å². The van der Waals surface area contributed by atoms with Crippen LogP contribution in [0.4, 0.5) is 0 Å². The minimum absolute atomic E-state index is 0.0653. The number of hydrogen-bond acceptors (Lipinski definition) is 5. The molecule has 1 atom stereocenters. The smallest absolute Gasteiger partial charge is 0.233 e. The molecule has 1 aliphatic carbocycles. The Morgan fingerprint density at radius 2 is 2.12 bits per heavy atom. The number of thioether (sulfide) groups is 1. The third-order valence-corrected chi connectivity index (χ3v) is 5.40. The van der Waals surface area contributed by atoms with Crippen molar-refractivity contribution in [2.75, 3.05) is 0 Å². The predicted molar refractivity (Wildman–Crippen MR) is 99.2 cm³/mol. The number of pyridine rings is 1. The highest BCUT2D eigenvalue weighted by molar-refractivity contribution is 8.00. The Bertz CT molecular complexity index is 724. The summed E-state index contributed by atoms with van der Waals surface area (Å²) in [5.41, 5.74) is 0.944. The molecule has 1 aliphatic rings. The first kappa shape index (κ1) is 17.7. The second kappa shape index (κ2) is 8.29. The first-order valence-electron chi connectivity index (χ1n) is 8.60. The maximum Gasteiger partial charge on any atom is 0.233 e. The molecule has 3 rings (SSSR count). The molecule has 0 unspecified atom stereocenters. The Labute approximate surface area is 152 Å². The van der Waals surface area contributed by atoms with E-state index in [2.05, 4.69) is 27.1 Å². The van der Waals surface area contributed by atoms with Gasteiger partial charge in [0.2, 0.25) is 5.91 Å². The number of hydrogen-bond donors (Lipinski definition) is 1. The van der Waals surface area contributed by atoms with E-state index in [9.17, 15) is 4.79 Å². The van der Waals surface area contributed by atoms with E-state index in [0.29, 0.717) is 12.6 Å². The van der Waals surface area contributed by atoms with Crippen LogP contribution < -0.4 is 5.32 Å². The van der Waals surface area contributed by atoms with Gasteiger partial charge >= 0.3 is 0 Å². The van der Waals surface area contributed by atoms with Crippen LogP contribution in [0.3, 0.4) is 0 Å². The second-order valence-corrected chi connectivity index (χ2v) is 7.50. The van der Waals surface area contributed by atoms with E-state index < -0.39 is 0 Å². The number of carbonyl (C=O) groups excluding carboxylic acids is 1. The number of carbonyl (C=O) groups is 1. The minimum Gasteiger partial charge on any atom is -0.352 e. The van der Waals surface area contributed by atoms with E-state index in [1.54, 1.807) is 18.5 Å². The van der Waals surface area contributed by atoms with E-state index in [1.807, 2.05) is 23.6 Å². The maximum absolute atomic E-state index is 12.4. The molecular formula is C18H23N5OS. The summed E-state index contributed by atoms with van der Waals surface area (Å²) in [4.78, 5) is 16.5. The molecule has 0 saturated heterocycles. The van der Waals surface area contributed by atoms with Gasteiger partial charge in [0.05, 0.1) is 5.25 Å². The number of nitrogens with one attached hydrogen (secondary N) is 1. The van der Waals surface area contributed by atoms with Gasteiger partial charge in [0.1, 0.15) is 0 Å². The van der Waals surface area contributed by atoms with Crippen molar-refractivity contribution >= 4 is 17.7 Å². The van der Waals surface area contributed by atoms with Gasteiger partial charge in [-0.2, -0.15) is 0 Å². The lowest BCUT2D eigenvalue weighted by molar-refractivity contribution is -0.120. The lowest BCUT2D eigenvalue weighted by atomic mass is 10.2. The molecule has 0 radical (unpaired) electrons. The topological polar surface area (TPSA) is 72.7 Å². The zero-order valence-electron chi connectivity index (χ0n) is 14.4. The van der Waals surface area contributed by atoms with Crippen molar-refractivity contribution in [1.29, 1.82) is 0 Å². The van der Waals surface area contributed by atoms with Gasteiger partial charge < -0.3 is 5.32 Å². The molecule has 0 bridgehead atoms. The molecule has 1 amide bonds. The van der Waals surface area contributed by atoms with Crippen molar-refractivity contribution in [2.45, 2.75) is 55.6 Å². The standard InChI is InChI=1S/C18H23N5OS/c1-3-12-23-16(14-8-10-19-11-9-14)21-22-18(23)25-13(2)17(24)20-15-6-4-5-7-15/h3,8-11,13,15H,1,4-7,12H2,2H3,(H,20,24)/t13-/m1/s1. The van der Waals surface area contributed by atoms with Crippen molar-refractivity contribution in [3.05, 3.63) is 37.2 Å². The summed E-state index contributed by atoms with van der Waals surface area (Å²) in [5.74, 6) is 0.823. The van der Waals surface area contributed by atoms with Crippen LogP contribution in [0.5, 0.6) is 0 Å². The quantitative estimate of drug-likeness (QED) is 0.609. The summed E-state index contributed by atoms with van der Waals surface area (Å²) in [7, 11) is 0. The molecule has 2 heterocycles. The summed E-state index contributed by atoms with van der Waals surface area (Å²) < 4.78 is 1.98. The van der Waals surface area contributed by atoms with Crippen LogP contribution in [0.2, 0.25) is 0 Å². The van der Waals surface area contributed by atoms with E-state index >= 15 is 0 Å². The second-order valence-electron chi connectivity index (χ2n) is 6.19. The Morgan fingerprint density at radius 1 is 1.40 bits per heavy atom. The van der Waals surface area contributed by atoms with Crippen LogP contribution in [-0.4, -0.2) is 36.9 Å². The molecule has 1 N–H and O–H groups in total. The van der Waals surface area contributed by atoms with Crippen molar-refractivity contribution in [1.82, 2.24) is 25.1 Å². The summed E-state index contributed by atoms with van der Waals surface area (Å²) in [6.07, 6.45) is 9.84. The lowest BCUT2D eigenvalue weighted by Crippen LogP contribution is -2.37. The molecule has 0 aliphatic heterocycles. The number of aromatic nitrogens is 4. The van der Waals surface area contributed by atoms with Crippen molar-refractivity contribution < 1.29 is 4.79 Å². The van der Waals surface area contributed by atoms with Crippen LogP contribution >= 0.6 is 11.8 Å². The molecule has 2 aromatic rings. The molecule has 132 valence electrons. The van der Waals surface area contributed by atoms with Gasteiger partial charge in [-0.05, 0) is 31.9 Å². The summed E-state index contributed by atoms with van der Waals surface area (Å²) in [5, 5.41) is 12.2. The van der Waals surface area contributed by atoms with Gasteiger partial charge in [0.15, 0.2) is 11.0 Å². The average molecular weight is 357 g/mol. The molecule has 0 spiro atoms. The third kappa shape index (κ3) is 4.28. The molecule has 25 heavy (non-hydrogen) atoms. The summed E-state index contributed by atoms with van der Waals surface area (Å²) in [6, 6.07) is 4.12. The molecule has 1 saturated carbocycles. The highest BCUT2D eigenvalue weighted by atomic mass is 32.2. The van der Waals surface area contributed by atoms with E-state index in [4.69, 9.17) is 0 Å². The average Bonchev–Trinajstić information content (AvgIpc) is 3.26. The van der Waals surface area contributed by atoms with Gasteiger partial charge in [0.25, 0.3) is 0 Å². The highest BCUT2D eigenvalue weighted by Crippen LogP contribution is 2.27. The number of nitrogens with zero attached hydrogens (tertiary/aromatic N) is 4. The molecule has 7 heteroatoms. The lowest BCUT2D eigenvalue weighted by Gasteiger charge is -2.16. The fourth-order valence-corrected chi connectivity index (χ4v) is 3.85. The first-order chi connectivity index (χ1) is 12.2. The largest absolute Gasteiger partial charge is 0.352 e. The highest BCUT2D eigenvalue weighted by Gasteiger charge is 2.23. The van der Waals surface area contributed by atoms with Gasteiger partial charge in [0, 0.05) is 30.5 Å². The SMILES string of the molecule is C=CCn1c(S[C@H](C)C(=O)NC2CCCC2)nnc1-c1ccncc1. The van der Waals surface area contributed by atoms with Gasteiger partial charge in [-0.25, -0.2) is 0 Å². The summed E-state index contributed by atoms with van der Waals surface area (Å²) >= 11 is 1.43. The normalized spacial score (nSPS) is 15.9. The van der Waals surface area contributed by atoms with Gasteiger partial charge in [-0.1, -0.05) is 30.7 Å². The number of amides is 1. The Kier molecular flexibility index (Phi) is 5.86. The zero-order valence-corrected chi connectivity index (χ0v) is 15.2. The Hall–Kier alpha value is -2.15. The minimum atomic E-state index is -0.223. The van der Waals surface area contributed by atoms with Crippen LogP contribution in [0.15, 0.2) is 42.3 Å². The molecule has 2 aromatic heterocycles. The van der Waals surface area contributed by atoms with E-state index in [1.165, 1.54) is 24.6 Å². The first-order valence-corrected chi connectivity index (χ1v) is 9.48. The molecule has 0 aromatic carbocycles. The third-order valence-electron chi connectivity index (χ3n) is 4.32. The fraction of sp³-hybridized carbons (Fsp3) is 0.444. The Balaban J connectivity index is 1.74. The maximum atomic E-state index is 12.4. The predicted octanol–water partition coefficient (Wildman–Crippen LogP) is 3.07. The van der Waals surface area contributed by atoms with Crippen LogP contribution in [0.25, 0.3) is 11.4 Å².